The molecule has 10 heteroatoms. The largest absolute Gasteiger partial charge is 0.337 e. The van der Waals surface area contributed by atoms with E-state index < -0.39 is 10.0 Å². The second-order valence-electron chi connectivity index (χ2n) is 6.23. The maximum atomic E-state index is 13.0. The van der Waals surface area contributed by atoms with E-state index in [0.29, 0.717) is 19.0 Å². The fraction of sp³-hybridized carbons (Fsp3) is 0.222. The lowest BCUT2D eigenvalue weighted by molar-refractivity contribution is 0.381. The number of piperazine rings is 1. The average molecular weight is 395 g/mol. The first-order chi connectivity index (χ1) is 13.6. The standard InChI is InChI=1S/C18H17N7O2S/c19-14-15-6-4-5-9-17(15)28(26,27)24-12-10-23(11-13-24)18-20-21-22-25(18)16-7-2-1-3-8-16/h1-9H,10-13H2. The zero-order chi connectivity index (χ0) is 19.6. The van der Waals surface area contributed by atoms with Crippen molar-refractivity contribution in [3.8, 4) is 11.8 Å². The number of nitriles is 1. The van der Waals surface area contributed by atoms with Gasteiger partial charge in [-0.05, 0) is 34.7 Å². The van der Waals surface area contributed by atoms with Gasteiger partial charge in [0.25, 0.3) is 0 Å². The van der Waals surface area contributed by atoms with Gasteiger partial charge in [0.2, 0.25) is 16.0 Å². The van der Waals surface area contributed by atoms with Crippen LogP contribution in [-0.2, 0) is 10.0 Å². The second kappa shape index (κ2) is 7.38. The first-order valence-electron chi connectivity index (χ1n) is 8.69. The lowest BCUT2D eigenvalue weighted by atomic mass is 10.2. The van der Waals surface area contributed by atoms with Crippen LogP contribution in [0.4, 0.5) is 5.95 Å². The van der Waals surface area contributed by atoms with Gasteiger partial charge in [-0.1, -0.05) is 35.4 Å². The highest BCUT2D eigenvalue weighted by Crippen LogP contribution is 2.23. The number of tetrazole rings is 1. The van der Waals surface area contributed by atoms with E-state index in [9.17, 15) is 13.7 Å². The minimum Gasteiger partial charge on any atom is -0.337 e. The van der Waals surface area contributed by atoms with Crippen LogP contribution in [0, 0.1) is 11.3 Å². The molecule has 0 saturated carbocycles. The SMILES string of the molecule is N#Cc1ccccc1S(=O)(=O)N1CCN(c2nnnn2-c2ccccc2)CC1. The van der Waals surface area contributed by atoms with Crippen LogP contribution < -0.4 is 4.90 Å². The van der Waals surface area contributed by atoms with E-state index in [4.69, 9.17) is 0 Å². The summed E-state index contributed by atoms with van der Waals surface area (Å²) >= 11 is 0. The van der Waals surface area contributed by atoms with E-state index in [1.165, 1.54) is 16.4 Å². The van der Waals surface area contributed by atoms with Gasteiger partial charge in [-0.2, -0.15) is 14.2 Å². The van der Waals surface area contributed by atoms with E-state index in [-0.39, 0.29) is 23.5 Å². The number of para-hydroxylation sites is 1. The molecule has 0 amide bonds. The van der Waals surface area contributed by atoms with Crippen LogP contribution in [0.5, 0.6) is 0 Å². The Morgan fingerprint density at radius 2 is 1.61 bits per heavy atom. The first-order valence-corrected chi connectivity index (χ1v) is 10.1. The third-order valence-corrected chi connectivity index (χ3v) is 6.56. The zero-order valence-corrected chi connectivity index (χ0v) is 15.7. The number of rotatable bonds is 4. The maximum absolute atomic E-state index is 13.0. The molecule has 1 aliphatic heterocycles. The molecule has 4 rings (SSSR count). The fourth-order valence-electron chi connectivity index (χ4n) is 3.17. The molecule has 1 fully saturated rings. The van der Waals surface area contributed by atoms with Crippen molar-refractivity contribution in [2.75, 3.05) is 31.1 Å². The van der Waals surface area contributed by atoms with Gasteiger partial charge in [0.05, 0.1) is 16.1 Å². The van der Waals surface area contributed by atoms with Crippen LogP contribution >= 0.6 is 0 Å². The summed E-state index contributed by atoms with van der Waals surface area (Å²) in [6, 6.07) is 17.7. The number of sulfonamides is 1. The number of aromatic nitrogens is 4. The van der Waals surface area contributed by atoms with Crippen LogP contribution in [0.3, 0.4) is 0 Å². The Balaban J connectivity index is 1.54. The Kier molecular flexibility index (Phi) is 4.77. The van der Waals surface area contributed by atoms with Crippen molar-refractivity contribution in [2.45, 2.75) is 4.90 Å². The van der Waals surface area contributed by atoms with E-state index in [0.717, 1.165) is 5.69 Å². The van der Waals surface area contributed by atoms with Gasteiger partial charge in [0.15, 0.2) is 0 Å². The molecule has 1 aliphatic rings. The monoisotopic (exact) mass is 395 g/mol. The molecule has 0 radical (unpaired) electrons. The quantitative estimate of drug-likeness (QED) is 0.649. The molecule has 9 nitrogen and oxygen atoms in total. The third-order valence-electron chi connectivity index (χ3n) is 4.60. The van der Waals surface area contributed by atoms with Crippen molar-refractivity contribution < 1.29 is 8.42 Å². The molecule has 0 spiro atoms. The summed E-state index contributed by atoms with van der Waals surface area (Å²) in [5.74, 6) is 0.570. The van der Waals surface area contributed by atoms with Gasteiger partial charge in [0, 0.05) is 26.2 Å². The Bertz CT molecular complexity index is 1110. The molecule has 142 valence electrons. The summed E-state index contributed by atoms with van der Waals surface area (Å²) in [7, 11) is -3.73. The predicted octanol–water partition coefficient (Wildman–Crippen LogP) is 1.04. The van der Waals surface area contributed by atoms with Gasteiger partial charge in [0.1, 0.15) is 6.07 Å². The maximum Gasteiger partial charge on any atom is 0.250 e. The molecule has 0 bridgehead atoms. The van der Waals surface area contributed by atoms with Crippen molar-refractivity contribution in [1.29, 1.82) is 5.26 Å². The molecule has 0 atom stereocenters. The molecular weight excluding hydrogens is 378 g/mol. The summed E-state index contributed by atoms with van der Waals surface area (Å²) in [6.45, 7) is 1.45. The second-order valence-corrected chi connectivity index (χ2v) is 8.13. The van der Waals surface area contributed by atoms with Crippen molar-refractivity contribution in [1.82, 2.24) is 24.5 Å². The van der Waals surface area contributed by atoms with Gasteiger partial charge in [-0.25, -0.2) is 8.42 Å². The molecule has 0 aliphatic carbocycles. The Labute approximate surface area is 162 Å². The van der Waals surface area contributed by atoms with Gasteiger partial charge in [-0.15, -0.1) is 0 Å². The molecular formula is C18H17N7O2S. The molecule has 1 saturated heterocycles. The van der Waals surface area contributed by atoms with Crippen LogP contribution in [0.2, 0.25) is 0 Å². The van der Waals surface area contributed by atoms with Crippen molar-refractivity contribution in [3.05, 3.63) is 60.2 Å². The van der Waals surface area contributed by atoms with E-state index in [1.54, 1.807) is 16.8 Å². The van der Waals surface area contributed by atoms with Gasteiger partial charge in [-0.3, -0.25) is 0 Å². The highest BCUT2D eigenvalue weighted by atomic mass is 32.2. The lowest BCUT2D eigenvalue weighted by Gasteiger charge is -2.34. The first kappa shape index (κ1) is 18.1. The van der Waals surface area contributed by atoms with E-state index in [2.05, 4.69) is 15.5 Å². The summed E-state index contributed by atoms with van der Waals surface area (Å²) in [4.78, 5) is 2.00. The predicted molar refractivity (Wildman–Crippen MR) is 101 cm³/mol. The number of anilines is 1. The topological polar surface area (TPSA) is 108 Å². The average Bonchev–Trinajstić information content (AvgIpc) is 3.24. The lowest BCUT2D eigenvalue weighted by Crippen LogP contribution is -2.49. The van der Waals surface area contributed by atoms with Crippen molar-refractivity contribution >= 4 is 16.0 Å². The molecule has 0 unspecified atom stereocenters. The summed E-state index contributed by atoms with van der Waals surface area (Å²) in [5.41, 5.74) is 0.985. The third kappa shape index (κ3) is 3.21. The summed E-state index contributed by atoms with van der Waals surface area (Å²) < 4.78 is 29.0. The number of nitrogens with zero attached hydrogens (tertiary/aromatic N) is 7. The van der Waals surface area contributed by atoms with Crippen LogP contribution in [-0.4, -0.2) is 59.1 Å². The molecule has 2 heterocycles. The van der Waals surface area contributed by atoms with Crippen molar-refractivity contribution in [3.63, 3.8) is 0 Å². The number of hydrogen-bond donors (Lipinski definition) is 0. The Morgan fingerprint density at radius 3 is 2.32 bits per heavy atom. The van der Waals surface area contributed by atoms with E-state index >= 15 is 0 Å². The minimum atomic E-state index is -3.73. The molecule has 1 aromatic heterocycles. The molecule has 3 aromatic rings. The number of hydrogen-bond acceptors (Lipinski definition) is 7. The number of benzene rings is 2. The Hall–Kier alpha value is -3.29. The van der Waals surface area contributed by atoms with Crippen LogP contribution in [0.25, 0.3) is 5.69 Å². The van der Waals surface area contributed by atoms with Crippen molar-refractivity contribution in [2.24, 2.45) is 0 Å². The fourth-order valence-corrected chi connectivity index (χ4v) is 4.73. The highest BCUT2D eigenvalue weighted by molar-refractivity contribution is 7.89. The van der Waals surface area contributed by atoms with E-state index in [1.807, 2.05) is 41.3 Å². The zero-order valence-electron chi connectivity index (χ0n) is 14.9. The van der Waals surface area contributed by atoms with Crippen LogP contribution in [0.1, 0.15) is 5.56 Å². The van der Waals surface area contributed by atoms with Crippen LogP contribution in [0.15, 0.2) is 59.5 Å². The smallest absolute Gasteiger partial charge is 0.250 e. The molecule has 2 aromatic carbocycles. The molecule has 0 N–H and O–H groups in total. The normalized spacial score (nSPS) is 15.3. The summed E-state index contributed by atoms with van der Waals surface area (Å²) in [5, 5.41) is 21.1. The minimum absolute atomic E-state index is 0.0417. The summed E-state index contributed by atoms with van der Waals surface area (Å²) in [6.07, 6.45) is 0. The molecule has 28 heavy (non-hydrogen) atoms. The van der Waals surface area contributed by atoms with Gasteiger partial charge >= 0.3 is 0 Å². The van der Waals surface area contributed by atoms with Gasteiger partial charge < -0.3 is 4.90 Å². The highest BCUT2D eigenvalue weighted by Gasteiger charge is 2.31. The Morgan fingerprint density at radius 1 is 0.929 bits per heavy atom.